The molecule has 1 unspecified atom stereocenters. The van der Waals surface area contributed by atoms with Crippen LogP contribution in [-0.4, -0.2) is 63.2 Å². The number of ether oxygens (including phenoxy) is 1. The molecule has 1 aromatic carbocycles. The van der Waals surface area contributed by atoms with Gasteiger partial charge in [-0.1, -0.05) is 25.1 Å². The summed E-state index contributed by atoms with van der Waals surface area (Å²) in [4.78, 5) is 4.94. The minimum atomic E-state index is 0.369. The van der Waals surface area contributed by atoms with E-state index in [-0.39, 0.29) is 0 Å². The summed E-state index contributed by atoms with van der Waals surface area (Å²) in [5, 5.41) is 3.68. The fraction of sp³-hybridized carbons (Fsp3) is 0.647. The van der Waals surface area contributed by atoms with E-state index >= 15 is 0 Å². The first-order valence-electron chi connectivity index (χ1n) is 8.01. The van der Waals surface area contributed by atoms with Gasteiger partial charge in [-0.2, -0.15) is 0 Å². The highest BCUT2D eigenvalue weighted by Crippen LogP contribution is 2.26. The maximum absolute atomic E-state index is 5.48. The highest BCUT2D eigenvalue weighted by atomic mass is 16.5. The van der Waals surface area contributed by atoms with Crippen LogP contribution >= 0.6 is 0 Å². The van der Waals surface area contributed by atoms with Crippen LogP contribution in [0.15, 0.2) is 24.3 Å². The zero-order chi connectivity index (χ0) is 15.1. The Bertz CT molecular complexity index is 416. The minimum Gasteiger partial charge on any atom is -0.496 e. The number of piperazine rings is 1. The van der Waals surface area contributed by atoms with Gasteiger partial charge in [0.25, 0.3) is 0 Å². The maximum atomic E-state index is 5.48. The lowest BCUT2D eigenvalue weighted by Gasteiger charge is -2.32. The molecule has 1 fully saturated rings. The Morgan fingerprint density at radius 1 is 1.19 bits per heavy atom. The van der Waals surface area contributed by atoms with Crippen molar-refractivity contribution in [2.75, 3.05) is 53.4 Å². The first-order valence-corrected chi connectivity index (χ1v) is 8.01. The second kappa shape index (κ2) is 8.37. The fourth-order valence-electron chi connectivity index (χ4n) is 2.90. The van der Waals surface area contributed by atoms with Gasteiger partial charge in [0.05, 0.1) is 7.11 Å². The molecule has 0 saturated carbocycles. The van der Waals surface area contributed by atoms with Crippen LogP contribution in [0.4, 0.5) is 0 Å². The van der Waals surface area contributed by atoms with Gasteiger partial charge in [-0.05, 0) is 19.5 Å². The van der Waals surface area contributed by atoms with E-state index in [4.69, 9.17) is 4.74 Å². The number of methoxy groups -OCH3 is 1. The van der Waals surface area contributed by atoms with Crippen LogP contribution in [0.2, 0.25) is 0 Å². The first kappa shape index (κ1) is 16.3. The van der Waals surface area contributed by atoms with E-state index in [1.807, 2.05) is 12.1 Å². The van der Waals surface area contributed by atoms with Crippen molar-refractivity contribution in [1.82, 2.24) is 15.1 Å². The number of para-hydroxylation sites is 1. The quantitative estimate of drug-likeness (QED) is 0.831. The molecule has 0 spiro atoms. The Hall–Kier alpha value is -1.10. The zero-order valence-corrected chi connectivity index (χ0v) is 13.6. The second-order valence-electron chi connectivity index (χ2n) is 5.80. The van der Waals surface area contributed by atoms with Crippen molar-refractivity contribution in [2.45, 2.75) is 19.4 Å². The Morgan fingerprint density at radius 3 is 2.57 bits per heavy atom. The van der Waals surface area contributed by atoms with Crippen molar-refractivity contribution in [2.24, 2.45) is 0 Å². The largest absolute Gasteiger partial charge is 0.496 e. The van der Waals surface area contributed by atoms with E-state index in [2.05, 4.69) is 41.2 Å². The molecular weight excluding hydrogens is 262 g/mol. The number of hydrogen-bond acceptors (Lipinski definition) is 4. The average Bonchev–Trinajstić information content (AvgIpc) is 2.53. The Labute approximate surface area is 129 Å². The molecule has 0 amide bonds. The van der Waals surface area contributed by atoms with E-state index in [0.717, 1.165) is 25.3 Å². The molecular formula is C17H29N3O. The van der Waals surface area contributed by atoms with Crippen molar-refractivity contribution in [3.05, 3.63) is 29.8 Å². The molecule has 4 nitrogen and oxygen atoms in total. The minimum absolute atomic E-state index is 0.369. The van der Waals surface area contributed by atoms with Gasteiger partial charge < -0.3 is 15.0 Å². The van der Waals surface area contributed by atoms with Gasteiger partial charge in [-0.3, -0.25) is 4.90 Å². The predicted molar refractivity (Wildman–Crippen MR) is 88.0 cm³/mol. The number of hydrogen-bond donors (Lipinski definition) is 1. The molecule has 0 bridgehead atoms. The van der Waals surface area contributed by atoms with E-state index in [1.165, 1.54) is 31.7 Å². The van der Waals surface area contributed by atoms with Crippen LogP contribution < -0.4 is 10.1 Å². The van der Waals surface area contributed by atoms with Crippen molar-refractivity contribution >= 4 is 0 Å². The molecule has 1 aliphatic heterocycles. The second-order valence-corrected chi connectivity index (χ2v) is 5.80. The maximum Gasteiger partial charge on any atom is 0.123 e. The monoisotopic (exact) mass is 291 g/mol. The SMILES string of the molecule is CCC(NCCN1CCN(C)CC1)c1ccccc1OC. The fourth-order valence-corrected chi connectivity index (χ4v) is 2.90. The third-order valence-corrected chi connectivity index (χ3v) is 4.34. The van der Waals surface area contributed by atoms with Crippen LogP contribution in [0.1, 0.15) is 24.9 Å². The number of benzene rings is 1. The normalized spacial score (nSPS) is 18.6. The number of nitrogens with one attached hydrogen (secondary N) is 1. The number of rotatable bonds is 7. The highest BCUT2D eigenvalue weighted by Gasteiger charge is 2.16. The third kappa shape index (κ3) is 4.70. The number of likely N-dealkylation sites (N-methyl/N-ethyl adjacent to an activating group) is 1. The third-order valence-electron chi connectivity index (χ3n) is 4.34. The van der Waals surface area contributed by atoms with Gasteiger partial charge >= 0.3 is 0 Å². The molecule has 0 aromatic heterocycles. The summed E-state index contributed by atoms with van der Waals surface area (Å²) < 4.78 is 5.48. The van der Waals surface area contributed by atoms with E-state index in [1.54, 1.807) is 7.11 Å². The van der Waals surface area contributed by atoms with Gasteiger partial charge in [-0.25, -0.2) is 0 Å². The summed E-state index contributed by atoms with van der Waals surface area (Å²) in [7, 11) is 3.94. The summed E-state index contributed by atoms with van der Waals surface area (Å²) >= 11 is 0. The molecule has 2 rings (SSSR count). The van der Waals surface area contributed by atoms with Crippen LogP contribution in [0, 0.1) is 0 Å². The van der Waals surface area contributed by atoms with E-state index < -0.39 is 0 Å². The van der Waals surface area contributed by atoms with Gasteiger partial charge in [0.2, 0.25) is 0 Å². The van der Waals surface area contributed by atoms with E-state index in [9.17, 15) is 0 Å². The van der Waals surface area contributed by atoms with Crippen LogP contribution in [-0.2, 0) is 0 Å². The van der Waals surface area contributed by atoms with Gasteiger partial charge in [-0.15, -0.1) is 0 Å². The van der Waals surface area contributed by atoms with Gasteiger partial charge in [0, 0.05) is 50.9 Å². The van der Waals surface area contributed by atoms with Gasteiger partial charge in [0.15, 0.2) is 0 Å². The average molecular weight is 291 g/mol. The molecule has 0 radical (unpaired) electrons. The molecule has 1 aliphatic rings. The molecule has 1 heterocycles. The molecule has 4 heteroatoms. The Kier molecular flexibility index (Phi) is 6.49. The van der Waals surface area contributed by atoms with Crippen molar-refractivity contribution in [3.8, 4) is 5.75 Å². The smallest absolute Gasteiger partial charge is 0.123 e. The number of nitrogens with zero attached hydrogens (tertiary/aromatic N) is 2. The predicted octanol–water partition coefficient (Wildman–Crippen LogP) is 1.98. The molecule has 1 aromatic rings. The standard InChI is InChI=1S/C17H29N3O/c1-4-16(15-7-5-6-8-17(15)21-3)18-9-10-20-13-11-19(2)12-14-20/h5-8,16,18H,4,9-14H2,1-3H3. The molecule has 1 N–H and O–H groups in total. The van der Waals surface area contributed by atoms with Gasteiger partial charge in [0.1, 0.15) is 5.75 Å². The highest BCUT2D eigenvalue weighted by molar-refractivity contribution is 5.35. The lowest BCUT2D eigenvalue weighted by Crippen LogP contribution is -2.46. The van der Waals surface area contributed by atoms with Crippen LogP contribution in [0.5, 0.6) is 5.75 Å². The zero-order valence-electron chi connectivity index (χ0n) is 13.6. The van der Waals surface area contributed by atoms with Crippen molar-refractivity contribution in [1.29, 1.82) is 0 Å². The Balaban J connectivity index is 1.82. The lowest BCUT2D eigenvalue weighted by atomic mass is 10.0. The summed E-state index contributed by atoms with van der Waals surface area (Å²) in [6.07, 6.45) is 1.07. The molecule has 21 heavy (non-hydrogen) atoms. The summed E-state index contributed by atoms with van der Waals surface area (Å²) in [5.74, 6) is 0.983. The van der Waals surface area contributed by atoms with Crippen molar-refractivity contribution in [3.63, 3.8) is 0 Å². The summed E-state index contributed by atoms with van der Waals surface area (Å²) in [5.41, 5.74) is 1.26. The van der Waals surface area contributed by atoms with Crippen molar-refractivity contribution < 1.29 is 4.74 Å². The summed E-state index contributed by atoms with van der Waals surface area (Å²) in [6.45, 7) is 9.11. The molecule has 1 atom stereocenters. The first-order chi connectivity index (χ1) is 10.2. The van der Waals surface area contributed by atoms with Crippen LogP contribution in [0.25, 0.3) is 0 Å². The summed E-state index contributed by atoms with van der Waals surface area (Å²) in [6, 6.07) is 8.69. The lowest BCUT2D eigenvalue weighted by molar-refractivity contribution is 0.153. The van der Waals surface area contributed by atoms with E-state index in [0.29, 0.717) is 6.04 Å². The topological polar surface area (TPSA) is 27.7 Å². The molecule has 118 valence electrons. The molecule has 1 saturated heterocycles. The Morgan fingerprint density at radius 2 is 1.90 bits per heavy atom. The van der Waals surface area contributed by atoms with Crippen LogP contribution in [0.3, 0.4) is 0 Å². The molecule has 0 aliphatic carbocycles.